The molecule has 111 valence electrons. The molecular formula is C18H17N2O2. The summed E-state index contributed by atoms with van der Waals surface area (Å²) in [7, 11) is 0. The van der Waals surface area contributed by atoms with Gasteiger partial charge in [0.1, 0.15) is 0 Å². The first kappa shape index (κ1) is 13.8. The molecule has 1 aliphatic carbocycles. The SMILES string of the molecule is O=C([C]1[CH][CH][CH][CH]1)N1CC(=O)N2CCc3ccccc3C2C1. The number of amides is 2. The van der Waals surface area contributed by atoms with Crippen LogP contribution in [0.1, 0.15) is 17.2 Å². The second-order valence-corrected chi connectivity index (χ2v) is 5.91. The Morgan fingerprint density at radius 2 is 1.91 bits per heavy atom. The Morgan fingerprint density at radius 1 is 1.14 bits per heavy atom. The van der Waals surface area contributed by atoms with Crippen LogP contribution in [0.15, 0.2) is 24.3 Å². The molecule has 22 heavy (non-hydrogen) atoms. The molecule has 1 atom stereocenters. The van der Waals surface area contributed by atoms with Gasteiger partial charge < -0.3 is 9.80 Å². The predicted octanol–water partition coefficient (Wildman–Crippen LogP) is 1.36. The molecule has 1 saturated heterocycles. The van der Waals surface area contributed by atoms with Crippen molar-refractivity contribution in [2.75, 3.05) is 19.6 Å². The van der Waals surface area contributed by atoms with Gasteiger partial charge >= 0.3 is 0 Å². The minimum Gasteiger partial charge on any atom is -0.332 e. The van der Waals surface area contributed by atoms with Gasteiger partial charge in [0.25, 0.3) is 0 Å². The van der Waals surface area contributed by atoms with Crippen LogP contribution in [0.5, 0.6) is 0 Å². The molecule has 4 nitrogen and oxygen atoms in total. The molecule has 2 fully saturated rings. The van der Waals surface area contributed by atoms with Gasteiger partial charge in [-0.05, 0) is 43.2 Å². The average molecular weight is 293 g/mol. The lowest BCUT2D eigenvalue weighted by atomic mass is 9.90. The second-order valence-electron chi connectivity index (χ2n) is 5.91. The van der Waals surface area contributed by atoms with Gasteiger partial charge in [-0.25, -0.2) is 0 Å². The number of fused-ring (bicyclic) bond motifs is 3. The van der Waals surface area contributed by atoms with E-state index < -0.39 is 0 Å². The Morgan fingerprint density at radius 3 is 2.73 bits per heavy atom. The van der Waals surface area contributed by atoms with Gasteiger partial charge in [0.15, 0.2) is 0 Å². The summed E-state index contributed by atoms with van der Waals surface area (Å²) in [4.78, 5) is 28.6. The van der Waals surface area contributed by atoms with Gasteiger partial charge in [-0.3, -0.25) is 9.59 Å². The van der Waals surface area contributed by atoms with E-state index in [1.165, 1.54) is 11.1 Å². The van der Waals surface area contributed by atoms with E-state index in [9.17, 15) is 9.59 Å². The molecule has 0 aromatic heterocycles. The monoisotopic (exact) mass is 293 g/mol. The maximum atomic E-state index is 12.5. The molecule has 0 bridgehead atoms. The molecule has 2 heterocycles. The Labute approximate surface area is 131 Å². The van der Waals surface area contributed by atoms with Crippen LogP contribution < -0.4 is 0 Å². The van der Waals surface area contributed by atoms with Crippen molar-refractivity contribution in [3.8, 4) is 0 Å². The number of rotatable bonds is 1. The van der Waals surface area contributed by atoms with E-state index in [-0.39, 0.29) is 24.4 Å². The highest BCUT2D eigenvalue weighted by atomic mass is 16.2. The van der Waals surface area contributed by atoms with Crippen LogP contribution in [0.3, 0.4) is 0 Å². The zero-order chi connectivity index (χ0) is 15.1. The molecule has 2 aliphatic heterocycles. The fourth-order valence-electron chi connectivity index (χ4n) is 3.53. The van der Waals surface area contributed by atoms with E-state index >= 15 is 0 Å². The summed E-state index contributed by atoms with van der Waals surface area (Å²) in [6.45, 7) is 1.51. The highest BCUT2D eigenvalue weighted by Crippen LogP contribution is 2.34. The standard InChI is InChI=1S/C18H17N2O2/c21-17-12-19(18(22)14-6-1-2-7-14)11-16-15-8-4-3-5-13(15)9-10-20(16)17/h1-8,16H,9-12H2. The molecular weight excluding hydrogens is 276 g/mol. The van der Waals surface area contributed by atoms with E-state index in [0.29, 0.717) is 12.5 Å². The van der Waals surface area contributed by atoms with Gasteiger partial charge in [0.2, 0.25) is 11.8 Å². The highest BCUT2D eigenvalue weighted by molar-refractivity contribution is 5.98. The molecule has 1 unspecified atom stereocenters. The first-order valence-electron chi connectivity index (χ1n) is 7.62. The van der Waals surface area contributed by atoms with Gasteiger partial charge in [-0.2, -0.15) is 0 Å². The predicted molar refractivity (Wildman–Crippen MR) is 81.6 cm³/mol. The van der Waals surface area contributed by atoms with Crippen LogP contribution in [-0.4, -0.2) is 41.2 Å². The lowest BCUT2D eigenvalue weighted by Crippen LogP contribution is -2.56. The molecule has 4 rings (SSSR count). The van der Waals surface area contributed by atoms with Crippen molar-refractivity contribution in [3.63, 3.8) is 0 Å². The summed E-state index contributed by atoms with van der Waals surface area (Å²) >= 11 is 0. The lowest BCUT2D eigenvalue weighted by Gasteiger charge is -2.45. The lowest BCUT2D eigenvalue weighted by molar-refractivity contribution is -0.148. The topological polar surface area (TPSA) is 40.6 Å². The van der Waals surface area contributed by atoms with Gasteiger partial charge in [0, 0.05) is 13.1 Å². The molecule has 1 saturated carbocycles. The van der Waals surface area contributed by atoms with E-state index in [1.807, 2.05) is 29.9 Å². The zero-order valence-corrected chi connectivity index (χ0v) is 12.2. The smallest absolute Gasteiger partial charge is 0.242 e. The minimum absolute atomic E-state index is 0.00916. The van der Waals surface area contributed by atoms with Crippen molar-refractivity contribution in [1.82, 2.24) is 9.80 Å². The summed E-state index contributed by atoms with van der Waals surface area (Å²) in [6.07, 6.45) is 8.19. The molecule has 4 heteroatoms. The van der Waals surface area contributed by atoms with Crippen LogP contribution in [0.4, 0.5) is 0 Å². The molecule has 0 spiro atoms. The Bertz CT molecular complexity index is 607. The Kier molecular flexibility index (Phi) is 3.40. The summed E-state index contributed by atoms with van der Waals surface area (Å²) in [5.41, 5.74) is 2.47. The number of carbonyl (C=O) groups excluding carboxylic acids is 2. The quantitative estimate of drug-likeness (QED) is 0.784. The van der Waals surface area contributed by atoms with Crippen molar-refractivity contribution >= 4 is 11.8 Å². The van der Waals surface area contributed by atoms with Crippen LogP contribution in [0.2, 0.25) is 0 Å². The molecule has 2 amide bonds. The van der Waals surface area contributed by atoms with Crippen LogP contribution in [-0.2, 0) is 16.0 Å². The first-order chi connectivity index (χ1) is 10.7. The summed E-state index contributed by atoms with van der Waals surface area (Å²) in [5, 5.41) is 0. The van der Waals surface area contributed by atoms with E-state index in [0.717, 1.165) is 13.0 Å². The number of piperazine rings is 1. The van der Waals surface area contributed by atoms with Gasteiger partial charge in [-0.1, -0.05) is 24.3 Å². The summed E-state index contributed by atoms with van der Waals surface area (Å²) < 4.78 is 0. The van der Waals surface area contributed by atoms with Crippen molar-refractivity contribution in [2.24, 2.45) is 0 Å². The Balaban J connectivity index is 1.60. The van der Waals surface area contributed by atoms with Crippen LogP contribution in [0.25, 0.3) is 0 Å². The Hall–Kier alpha value is -1.84. The molecule has 0 N–H and O–H groups in total. The highest BCUT2D eigenvalue weighted by Gasteiger charge is 2.40. The molecule has 1 aromatic carbocycles. The fourth-order valence-corrected chi connectivity index (χ4v) is 3.53. The van der Waals surface area contributed by atoms with Crippen molar-refractivity contribution in [1.29, 1.82) is 0 Å². The largest absolute Gasteiger partial charge is 0.332 e. The number of hydrogen-bond acceptors (Lipinski definition) is 2. The number of carbonyl (C=O) groups is 2. The van der Waals surface area contributed by atoms with Crippen molar-refractivity contribution < 1.29 is 9.59 Å². The zero-order valence-electron chi connectivity index (χ0n) is 12.2. The fraction of sp³-hybridized carbons (Fsp3) is 0.278. The second kappa shape index (κ2) is 5.41. The third-order valence-corrected chi connectivity index (χ3v) is 4.65. The maximum Gasteiger partial charge on any atom is 0.242 e. The summed E-state index contributed by atoms with van der Waals surface area (Å²) in [5.74, 6) is 0.650. The van der Waals surface area contributed by atoms with E-state index in [4.69, 9.17) is 0 Å². The van der Waals surface area contributed by atoms with Gasteiger partial charge in [-0.15, -0.1) is 0 Å². The summed E-state index contributed by atoms with van der Waals surface area (Å²) in [6, 6.07) is 8.23. The van der Waals surface area contributed by atoms with Crippen molar-refractivity contribution in [3.05, 3.63) is 67.0 Å². The van der Waals surface area contributed by atoms with Crippen molar-refractivity contribution in [2.45, 2.75) is 12.5 Å². The average Bonchev–Trinajstić information content (AvgIpc) is 3.08. The molecule has 3 aliphatic rings. The normalized spacial score (nSPS) is 25.1. The van der Waals surface area contributed by atoms with Crippen LogP contribution in [0, 0.1) is 31.6 Å². The third-order valence-electron chi connectivity index (χ3n) is 4.65. The minimum atomic E-state index is -0.0546. The number of benzene rings is 1. The first-order valence-corrected chi connectivity index (χ1v) is 7.62. The van der Waals surface area contributed by atoms with E-state index in [2.05, 4.69) is 12.1 Å². The molecule has 1 aromatic rings. The van der Waals surface area contributed by atoms with Crippen LogP contribution >= 0.6 is 0 Å². The number of nitrogens with zero attached hydrogens (tertiary/aromatic N) is 2. The van der Waals surface area contributed by atoms with Gasteiger partial charge in [0.05, 0.1) is 18.5 Å². The maximum absolute atomic E-state index is 12.5. The van der Waals surface area contributed by atoms with E-state index in [1.54, 1.807) is 17.7 Å². The third kappa shape index (κ3) is 2.21. The number of hydrogen-bond donors (Lipinski definition) is 0. The molecule has 5 radical (unpaired) electrons.